The maximum atomic E-state index is 12.6. The minimum absolute atomic E-state index is 0.269. The number of carbonyl (C=O) groups excluding carboxylic acids is 2. The summed E-state index contributed by atoms with van der Waals surface area (Å²) >= 11 is 0. The van der Waals surface area contributed by atoms with Gasteiger partial charge in [0.25, 0.3) is 5.79 Å². The van der Waals surface area contributed by atoms with Gasteiger partial charge >= 0.3 is 11.9 Å². The van der Waals surface area contributed by atoms with Crippen LogP contribution in [-0.2, 0) is 25.5 Å². The minimum Gasteiger partial charge on any atom is -0.422 e. The molecule has 1 aromatic carbocycles. The first-order chi connectivity index (χ1) is 10.3. The third-order valence-corrected chi connectivity index (χ3v) is 3.67. The molecule has 1 aromatic rings. The molecule has 1 fully saturated rings. The number of esters is 2. The van der Waals surface area contributed by atoms with Gasteiger partial charge in [-0.2, -0.15) is 0 Å². The molecular weight excluding hydrogens is 280 g/mol. The fraction of sp³-hybridized carbons (Fsp3) is 0.444. The second kappa shape index (κ2) is 5.95. The van der Waals surface area contributed by atoms with E-state index in [0.717, 1.165) is 11.1 Å². The zero-order valence-corrected chi connectivity index (χ0v) is 13.5. The lowest BCUT2D eigenvalue weighted by Crippen LogP contribution is -2.54. The van der Waals surface area contributed by atoms with Crippen molar-refractivity contribution in [1.29, 1.82) is 0 Å². The van der Waals surface area contributed by atoms with Gasteiger partial charge < -0.3 is 9.47 Å². The summed E-state index contributed by atoms with van der Waals surface area (Å²) in [5.74, 6) is -2.25. The van der Waals surface area contributed by atoms with E-state index in [4.69, 9.17) is 9.47 Å². The van der Waals surface area contributed by atoms with Crippen LogP contribution in [0.1, 0.15) is 39.7 Å². The standard InChI is InChI=1S/C18H22O4/c1-13(2)10-11-18(12-14-8-6-5-7-9-14)15(19)21-17(3,4)22-16(18)20/h5-10H,11-12H2,1-4H3. The highest BCUT2D eigenvalue weighted by Crippen LogP contribution is 2.38. The van der Waals surface area contributed by atoms with E-state index >= 15 is 0 Å². The fourth-order valence-corrected chi connectivity index (χ4v) is 2.45. The van der Waals surface area contributed by atoms with E-state index < -0.39 is 23.1 Å². The van der Waals surface area contributed by atoms with Crippen LogP contribution in [0.4, 0.5) is 0 Å². The average molecular weight is 302 g/mol. The predicted molar refractivity (Wildman–Crippen MR) is 82.9 cm³/mol. The van der Waals surface area contributed by atoms with Gasteiger partial charge in [0.2, 0.25) is 0 Å². The van der Waals surface area contributed by atoms with Crippen LogP contribution in [0.15, 0.2) is 42.0 Å². The van der Waals surface area contributed by atoms with Gasteiger partial charge in [-0.25, -0.2) is 0 Å². The van der Waals surface area contributed by atoms with Crippen LogP contribution in [0.3, 0.4) is 0 Å². The molecule has 0 N–H and O–H groups in total. The molecule has 4 heteroatoms. The van der Waals surface area contributed by atoms with Crippen LogP contribution >= 0.6 is 0 Å². The average Bonchev–Trinajstić information content (AvgIpc) is 2.41. The van der Waals surface area contributed by atoms with Gasteiger partial charge in [0.15, 0.2) is 5.41 Å². The molecule has 0 saturated carbocycles. The molecule has 1 aliphatic rings. The van der Waals surface area contributed by atoms with Crippen molar-refractivity contribution in [1.82, 2.24) is 0 Å². The topological polar surface area (TPSA) is 52.6 Å². The van der Waals surface area contributed by atoms with Gasteiger partial charge in [0, 0.05) is 13.8 Å². The van der Waals surface area contributed by atoms with Gasteiger partial charge in [-0.05, 0) is 32.3 Å². The molecule has 22 heavy (non-hydrogen) atoms. The molecule has 0 unspecified atom stereocenters. The van der Waals surface area contributed by atoms with E-state index in [1.54, 1.807) is 13.8 Å². The highest BCUT2D eigenvalue weighted by Gasteiger charge is 2.55. The molecule has 0 amide bonds. The van der Waals surface area contributed by atoms with E-state index in [1.165, 1.54) is 0 Å². The number of benzene rings is 1. The summed E-state index contributed by atoms with van der Waals surface area (Å²) in [5.41, 5.74) is 0.629. The Hall–Kier alpha value is -2.10. The number of cyclic esters (lactones) is 2. The lowest BCUT2D eigenvalue weighted by Gasteiger charge is -2.40. The molecule has 1 aliphatic heterocycles. The molecule has 0 aromatic heterocycles. The summed E-state index contributed by atoms with van der Waals surface area (Å²) in [7, 11) is 0. The predicted octanol–water partition coefficient (Wildman–Crippen LogP) is 3.41. The summed E-state index contributed by atoms with van der Waals surface area (Å²) in [6, 6.07) is 9.45. The summed E-state index contributed by atoms with van der Waals surface area (Å²) in [4.78, 5) is 25.2. The smallest absolute Gasteiger partial charge is 0.327 e. The molecule has 1 heterocycles. The summed E-state index contributed by atoms with van der Waals surface area (Å²) in [6.45, 7) is 6.99. The van der Waals surface area contributed by atoms with Crippen molar-refractivity contribution in [2.75, 3.05) is 0 Å². The number of allylic oxidation sites excluding steroid dienone is 2. The van der Waals surface area contributed by atoms with Gasteiger partial charge in [-0.1, -0.05) is 42.0 Å². The molecule has 1 saturated heterocycles. The molecule has 4 nitrogen and oxygen atoms in total. The molecule has 0 bridgehead atoms. The number of hydrogen-bond acceptors (Lipinski definition) is 4. The van der Waals surface area contributed by atoms with Crippen molar-refractivity contribution < 1.29 is 19.1 Å². The molecule has 118 valence electrons. The van der Waals surface area contributed by atoms with E-state index in [-0.39, 0.29) is 12.8 Å². The van der Waals surface area contributed by atoms with Gasteiger partial charge in [-0.3, -0.25) is 9.59 Å². The second-order valence-electron chi connectivity index (χ2n) is 6.41. The van der Waals surface area contributed by atoms with E-state index in [0.29, 0.717) is 0 Å². The van der Waals surface area contributed by atoms with Crippen molar-refractivity contribution >= 4 is 11.9 Å². The maximum absolute atomic E-state index is 12.6. The second-order valence-corrected chi connectivity index (χ2v) is 6.41. The number of carbonyl (C=O) groups is 2. The Labute approximate surface area is 131 Å². The fourth-order valence-electron chi connectivity index (χ4n) is 2.45. The largest absolute Gasteiger partial charge is 0.422 e. The van der Waals surface area contributed by atoms with Gasteiger partial charge in [0.05, 0.1) is 0 Å². The molecule has 0 aliphatic carbocycles. The molecule has 0 atom stereocenters. The molecule has 0 radical (unpaired) electrons. The highest BCUT2D eigenvalue weighted by atomic mass is 16.7. The quantitative estimate of drug-likeness (QED) is 0.486. The van der Waals surface area contributed by atoms with Crippen LogP contribution in [0.5, 0.6) is 0 Å². The van der Waals surface area contributed by atoms with Crippen molar-refractivity contribution in [2.24, 2.45) is 5.41 Å². The Bertz CT molecular complexity index is 575. The zero-order chi connectivity index (χ0) is 16.4. The highest BCUT2D eigenvalue weighted by molar-refractivity contribution is 6.02. The van der Waals surface area contributed by atoms with Gasteiger partial charge in [-0.15, -0.1) is 0 Å². The number of hydrogen-bond donors (Lipinski definition) is 0. The van der Waals surface area contributed by atoms with E-state index in [2.05, 4.69) is 0 Å². The Morgan fingerprint density at radius 2 is 1.59 bits per heavy atom. The van der Waals surface area contributed by atoms with E-state index in [9.17, 15) is 9.59 Å². The third-order valence-electron chi connectivity index (χ3n) is 3.67. The number of rotatable bonds is 4. The number of ether oxygens (including phenoxy) is 2. The summed E-state index contributed by atoms with van der Waals surface area (Å²) < 4.78 is 10.7. The summed E-state index contributed by atoms with van der Waals surface area (Å²) in [5, 5.41) is 0. The van der Waals surface area contributed by atoms with Crippen molar-refractivity contribution in [3.63, 3.8) is 0 Å². The van der Waals surface area contributed by atoms with Crippen molar-refractivity contribution in [3.8, 4) is 0 Å². The zero-order valence-electron chi connectivity index (χ0n) is 13.5. The minimum atomic E-state index is -1.31. The normalized spacial score (nSPS) is 19.1. The Kier molecular flexibility index (Phi) is 4.40. The Balaban J connectivity index is 2.39. The third kappa shape index (κ3) is 3.38. The lowest BCUT2D eigenvalue weighted by atomic mass is 9.77. The van der Waals surface area contributed by atoms with Gasteiger partial charge in [0.1, 0.15) is 0 Å². The monoisotopic (exact) mass is 302 g/mol. The molecule has 0 spiro atoms. The van der Waals surface area contributed by atoms with Crippen molar-refractivity contribution in [2.45, 2.75) is 46.3 Å². The lowest BCUT2D eigenvalue weighted by molar-refractivity contribution is -0.250. The Morgan fingerprint density at radius 1 is 1.05 bits per heavy atom. The molecular formula is C18H22O4. The maximum Gasteiger partial charge on any atom is 0.327 e. The first-order valence-corrected chi connectivity index (χ1v) is 7.39. The Morgan fingerprint density at radius 3 is 2.09 bits per heavy atom. The van der Waals surface area contributed by atoms with E-state index in [1.807, 2.05) is 50.3 Å². The van der Waals surface area contributed by atoms with Crippen molar-refractivity contribution in [3.05, 3.63) is 47.5 Å². The first kappa shape index (κ1) is 16.3. The first-order valence-electron chi connectivity index (χ1n) is 7.39. The van der Waals surface area contributed by atoms with Crippen LogP contribution in [0.25, 0.3) is 0 Å². The van der Waals surface area contributed by atoms with Crippen LogP contribution in [0.2, 0.25) is 0 Å². The summed E-state index contributed by atoms with van der Waals surface area (Å²) in [6.07, 6.45) is 2.42. The van der Waals surface area contributed by atoms with Crippen LogP contribution < -0.4 is 0 Å². The molecule has 2 rings (SSSR count). The van der Waals surface area contributed by atoms with Crippen LogP contribution in [-0.4, -0.2) is 17.7 Å². The SMILES string of the molecule is CC(C)=CCC1(Cc2ccccc2)C(=O)OC(C)(C)OC1=O. The van der Waals surface area contributed by atoms with Crippen LogP contribution in [0, 0.1) is 5.41 Å².